The Hall–Kier alpha value is -1.14. The zero-order chi connectivity index (χ0) is 16.8. The minimum absolute atomic E-state index is 0.146. The fraction of sp³-hybridized carbons (Fsp3) is 0.667. The van der Waals surface area contributed by atoms with Crippen LogP contribution in [0.4, 0.5) is 0 Å². The van der Waals surface area contributed by atoms with Crippen LogP contribution in [0.25, 0.3) is 0 Å². The summed E-state index contributed by atoms with van der Waals surface area (Å²) in [6.45, 7) is 10.4. The lowest BCUT2D eigenvalue weighted by Crippen LogP contribution is -2.55. The van der Waals surface area contributed by atoms with Crippen molar-refractivity contribution < 1.29 is 23.7 Å². The van der Waals surface area contributed by atoms with Crippen molar-refractivity contribution >= 4 is 0 Å². The minimum Gasteiger partial charge on any atom is -0.482 e. The molecule has 5 nitrogen and oxygen atoms in total. The Balaban J connectivity index is 1.89. The Labute approximate surface area is 137 Å². The van der Waals surface area contributed by atoms with Crippen molar-refractivity contribution in [3.05, 3.63) is 28.8 Å². The van der Waals surface area contributed by atoms with Gasteiger partial charge < -0.3 is 23.7 Å². The first-order chi connectivity index (χ1) is 10.8. The Morgan fingerprint density at radius 2 is 1.74 bits per heavy atom. The molecule has 4 atom stereocenters. The fourth-order valence-electron chi connectivity index (χ4n) is 3.52. The predicted molar refractivity (Wildman–Crippen MR) is 85.6 cm³/mol. The minimum atomic E-state index is -0.639. The molecule has 128 valence electrons. The highest BCUT2D eigenvalue weighted by molar-refractivity contribution is 5.43. The predicted octanol–water partition coefficient (Wildman–Crippen LogP) is 2.88. The molecule has 2 aliphatic rings. The molecule has 0 radical (unpaired) electrons. The standard InChI is InChI=1S/C18H26O5/c1-10-7-11(2)14(12(3)8-10)21-16-15-13(9-20-17(16)19-6)22-18(4,5)23-15/h7-8,13,15-17H,9H2,1-6H3/t13-,15-,16+,17-/m1/s1. The molecule has 2 fully saturated rings. The van der Waals surface area contributed by atoms with Crippen molar-refractivity contribution in [1.29, 1.82) is 0 Å². The van der Waals surface area contributed by atoms with Crippen molar-refractivity contribution in [1.82, 2.24) is 0 Å². The average Bonchev–Trinajstić information content (AvgIpc) is 2.76. The Morgan fingerprint density at radius 1 is 1.09 bits per heavy atom. The summed E-state index contributed by atoms with van der Waals surface area (Å²) in [5, 5.41) is 0. The lowest BCUT2D eigenvalue weighted by molar-refractivity contribution is -0.234. The summed E-state index contributed by atoms with van der Waals surface area (Å²) in [6, 6.07) is 4.22. The highest BCUT2D eigenvalue weighted by atomic mass is 16.8. The van der Waals surface area contributed by atoms with E-state index in [0.29, 0.717) is 6.61 Å². The van der Waals surface area contributed by atoms with E-state index in [2.05, 4.69) is 19.1 Å². The lowest BCUT2D eigenvalue weighted by Gasteiger charge is -2.37. The molecule has 0 saturated carbocycles. The highest BCUT2D eigenvalue weighted by Gasteiger charge is 2.52. The van der Waals surface area contributed by atoms with Crippen LogP contribution in [0.1, 0.15) is 30.5 Å². The van der Waals surface area contributed by atoms with Crippen LogP contribution in [0.5, 0.6) is 5.75 Å². The number of fused-ring (bicyclic) bond motifs is 1. The summed E-state index contributed by atoms with van der Waals surface area (Å²) < 4.78 is 29.5. The van der Waals surface area contributed by atoms with Gasteiger partial charge in [-0.15, -0.1) is 0 Å². The first-order valence-corrected chi connectivity index (χ1v) is 8.05. The van der Waals surface area contributed by atoms with Crippen LogP contribution in [-0.2, 0) is 18.9 Å². The molecule has 0 bridgehead atoms. The molecule has 0 spiro atoms. The quantitative estimate of drug-likeness (QED) is 0.856. The van der Waals surface area contributed by atoms with E-state index in [0.717, 1.165) is 16.9 Å². The average molecular weight is 322 g/mol. The van der Waals surface area contributed by atoms with Gasteiger partial charge in [0.2, 0.25) is 0 Å². The number of hydrogen-bond donors (Lipinski definition) is 0. The van der Waals surface area contributed by atoms with E-state index in [-0.39, 0.29) is 18.3 Å². The molecule has 2 aliphatic heterocycles. The maximum absolute atomic E-state index is 6.33. The number of ether oxygens (including phenoxy) is 5. The second-order valence-corrected chi connectivity index (χ2v) is 6.89. The van der Waals surface area contributed by atoms with Crippen LogP contribution in [0, 0.1) is 20.8 Å². The molecule has 2 saturated heterocycles. The molecule has 0 aromatic heterocycles. The van der Waals surface area contributed by atoms with Crippen molar-refractivity contribution in [2.75, 3.05) is 13.7 Å². The monoisotopic (exact) mass is 322 g/mol. The third-order valence-electron chi connectivity index (χ3n) is 4.33. The van der Waals surface area contributed by atoms with Crippen molar-refractivity contribution in [2.24, 2.45) is 0 Å². The number of aryl methyl sites for hydroxylation is 3. The number of hydrogen-bond acceptors (Lipinski definition) is 5. The fourth-order valence-corrected chi connectivity index (χ4v) is 3.52. The summed E-state index contributed by atoms with van der Waals surface area (Å²) >= 11 is 0. The second kappa shape index (κ2) is 6.06. The molecule has 2 heterocycles. The van der Waals surface area contributed by atoms with E-state index in [4.69, 9.17) is 23.7 Å². The van der Waals surface area contributed by atoms with E-state index < -0.39 is 12.1 Å². The molecule has 0 aliphatic carbocycles. The number of benzene rings is 1. The van der Waals surface area contributed by atoms with Gasteiger partial charge in [-0.25, -0.2) is 0 Å². The Morgan fingerprint density at radius 3 is 2.35 bits per heavy atom. The third-order valence-corrected chi connectivity index (χ3v) is 4.33. The lowest BCUT2D eigenvalue weighted by atomic mass is 10.0. The van der Waals surface area contributed by atoms with E-state index in [9.17, 15) is 0 Å². The maximum Gasteiger partial charge on any atom is 0.197 e. The van der Waals surface area contributed by atoms with Crippen LogP contribution >= 0.6 is 0 Å². The molecule has 0 amide bonds. The smallest absolute Gasteiger partial charge is 0.197 e. The first kappa shape index (κ1) is 16.7. The molecule has 1 aromatic carbocycles. The third kappa shape index (κ3) is 3.24. The molecule has 23 heavy (non-hydrogen) atoms. The van der Waals surface area contributed by atoms with Gasteiger partial charge in [-0.2, -0.15) is 0 Å². The summed E-state index contributed by atoms with van der Waals surface area (Å²) in [5.74, 6) is 0.223. The molecule has 1 aromatic rings. The summed E-state index contributed by atoms with van der Waals surface area (Å²) in [4.78, 5) is 0. The van der Waals surface area contributed by atoms with Crippen molar-refractivity contribution in [2.45, 2.75) is 65.0 Å². The van der Waals surface area contributed by atoms with E-state index in [1.54, 1.807) is 7.11 Å². The highest BCUT2D eigenvalue weighted by Crippen LogP contribution is 2.37. The van der Waals surface area contributed by atoms with Gasteiger partial charge in [-0.1, -0.05) is 17.7 Å². The van der Waals surface area contributed by atoms with Crippen molar-refractivity contribution in [3.8, 4) is 5.75 Å². The van der Waals surface area contributed by atoms with Gasteiger partial charge in [0, 0.05) is 7.11 Å². The largest absolute Gasteiger partial charge is 0.482 e. The SMILES string of the molecule is CO[C@@H]1OC[C@H]2OC(C)(C)O[C@H]2[C@@H]1Oc1c(C)cc(C)cc1C. The molecular weight excluding hydrogens is 296 g/mol. The van der Waals surface area contributed by atoms with Crippen LogP contribution < -0.4 is 4.74 Å². The first-order valence-electron chi connectivity index (χ1n) is 8.05. The maximum atomic E-state index is 6.33. The van der Waals surface area contributed by atoms with Gasteiger partial charge in [0.05, 0.1) is 6.61 Å². The van der Waals surface area contributed by atoms with Crippen molar-refractivity contribution in [3.63, 3.8) is 0 Å². The Kier molecular flexibility index (Phi) is 4.40. The summed E-state index contributed by atoms with van der Waals surface area (Å²) in [5.41, 5.74) is 3.41. The van der Waals surface area contributed by atoms with E-state index >= 15 is 0 Å². The topological polar surface area (TPSA) is 46.2 Å². The van der Waals surface area contributed by atoms with E-state index in [1.807, 2.05) is 27.7 Å². The summed E-state index contributed by atoms with van der Waals surface area (Å²) in [6.07, 6.45) is -1.22. The Bertz CT molecular complexity index is 560. The van der Waals surface area contributed by atoms with Gasteiger partial charge in [0.1, 0.15) is 18.0 Å². The van der Waals surface area contributed by atoms with E-state index in [1.165, 1.54) is 5.56 Å². The van der Waals surface area contributed by atoms with Gasteiger partial charge in [0.25, 0.3) is 0 Å². The zero-order valence-corrected chi connectivity index (χ0v) is 14.7. The molecule has 5 heteroatoms. The number of rotatable bonds is 3. The normalized spacial score (nSPS) is 32.6. The second-order valence-electron chi connectivity index (χ2n) is 6.89. The van der Waals surface area contributed by atoms with Gasteiger partial charge in [-0.05, 0) is 45.7 Å². The van der Waals surface area contributed by atoms with Gasteiger partial charge in [-0.3, -0.25) is 0 Å². The zero-order valence-electron chi connectivity index (χ0n) is 14.7. The molecule has 3 rings (SSSR count). The number of methoxy groups -OCH3 is 1. The van der Waals surface area contributed by atoms with Gasteiger partial charge in [0.15, 0.2) is 18.2 Å². The molecule has 0 N–H and O–H groups in total. The van der Waals surface area contributed by atoms with Crippen LogP contribution in [0.3, 0.4) is 0 Å². The van der Waals surface area contributed by atoms with Crippen LogP contribution in [0.2, 0.25) is 0 Å². The molecule has 0 unspecified atom stereocenters. The van der Waals surface area contributed by atoms with Crippen LogP contribution in [0.15, 0.2) is 12.1 Å². The molecular formula is C18H26O5. The van der Waals surface area contributed by atoms with Crippen LogP contribution in [-0.4, -0.2) is 44.1 Å². The summed E-state index contributed by atoms with van der Waals surface area (Å²) in [7, 11) is 1.62. The van der Waals surface area contributed by atoms with Gasteiger partial charge >= 0.3 is 0 Å².